The van der Waals surface area contributed by atoms with Gasteiger partial charge in [0.2, 0.25) is 0 Å². The summed E-state index contributed by atoms with van der Waals surface area (Å²) >= 11 is 7.47. The first-order valence-electron chi connectivity index (χ1n) is 7.40. The van der Waals surface area contributed by atoms with Crippen LogP contribution in [0.3, 0.4) is 0 Å². The third kappa shape index (κ3) is 3.61. The quantitative estimate of drug-likeness (QED) is 0.733. The van der Waals surface area contributed by atoms with Crippen LogP contribution in [0.1, 0.15) is 29.3 Å². The molecule has 24 heavy (non-hydrogen) atoms. The number of rotatable bonds is 5. The van der Waals surface area contributed by atoms with Crippen molar-refractivity contribution < 1.29 is 18.4 Å². The molecule has 3 rings (SSSR count). The molecule has 1 aliphatic rings. The van der Waals surface area contributed by atoms with Crippen molar-refractivity contribution in [2.75, 3.05) is 6.61 Å². The number of nitrogens with zero attached hydrogens (tertiary/aromatic N) is 1. The minimum absolute atomic E-state index is 0.0823. The van der Waals surface area contributed by atoms with E-state index in [1.807, 2.05) is 19.9 Å². The first-order chi connectivity index (χ1) is 11.4. The standard InChI is InChI=1S/C17H16ClF2NO2S/c1-10-6-15(18)24-16(10)14-7-17(2,23-21-14)9-22-8-11-12(19)4-3-5-13(11)20/h3-6H,7-9H2,1-2H3. The zero-order valence-corrected chi connectivity index (χ0v) is 14.8. The van der Waals surface area contributed by atoms with Gasteiger partial charge in [0.25, 0.3) is 0 Å². The zero-order valence-electron chi connectivity index (χ0n) is 13.2. The van der Waals surface area contributed by atoms with Gasteiger partial charge in [-0.3, -0.25) is 0 Å². The highest BCUT2D eigenvalue weighted by atomic mass is 35.5. The van der Waals surface area contributed by atoms with E-state index in [-0.39, 0.29) is 18.8 Å². The van der Waals surface area contributed by atoms with Crippen LogP contribution in [-0.4, -0.2) is 17.9 Å². The summed E-state index contributed by atoms with van der Waals surface area (Å²) in [6, 6.07) is 5.63. The first kappa shape index (κ1) is 17.3. The van der Waals surface area contributed by atoms with Crippen LogP contribution in [0.2, 0.25) is 4.34 Å². The molecular weight excluding hydrogens is 356 g/mol. The third-order valence-electron chi connectivity index (χ3n) is 3.78. The Kier molecular flexibility index (Phi) is 4.90. The third-order valence-corrected chi connectivity index (χ3v) is 5.20. The normalized spacial score (nSPS) is 20.1. The lowest BCUT2D eigenvalue weighted by Crippen LogP contribution is -2.31. The van der Waals surface area contributed by atoms with Crippen molar-refractivity contribution in [3.05, 3.63) is 56.2 Å². The SMILES string of the molecule is Cc1cc(Cl)sc1C1=NOC(C)(COCc2c(F)cccc2F)C1. The summed E-state index contributed by atoms with van der Waals surface area (Å²) in [4.78, 5) is 6.50. The van der Waals surface area contributed by atoms with Crippen LogP contribution < -0.4 is 0 Å². The van der Waals surface area contributed by atoms with Gasteiger partial charge < -0.3 is 9.57 Å². The van der Waals surface area contributed by atoms with Crippen LogP contribution in [0.25, 0.3) is 0 Å². The molecule has 0 radical (unpaired) electrons. The Hall–Kier alpha value is -1.50. The Balaban J connectivity index is 1.60. The van der Waals surface area contributed by atoms with Gasteiger partial charge in [0.05, 0.1) is 22.4 Å². The maximum Gasteiger partial charge on any atom is 0.163 e. The van der Waals surface area contributed by atoms with E-state index in [2.05, 4.69) is 5.16 Å². The second-order valence-electron chi connectivity index (χ2n) is 6.01. The van der Waals surface area contributed by atoms with Gasteiger partial charge in [-0.15, -0.1) is 11.3 Å². The van der Waals surface area contributed by atoms with Gasteiger partial charge >= 0.3 is 0 Å². The average molecular weight is 372 g/mol. The molecule has 1 unspecified atom stereocenters. The van der Waals surface area contributed by atoms with Crippen LogP contribution >= 0.6 is 22.9 Å². The smallest absolute Gasteiger partial charge is 0.163 e. The molecular formula is C17H16ClF2NO2S. The summed E-state index contributed by atoms with van der Waals surface area (Å²) in [7, 11) is 0. The second-order valence-corrected chi connectivity index (χ2v) is 7.70. The van der Waals surface area contributed by atoms with Crippen molar-refractivity contribution in [2.45, 2.75) is 32.5 Å². The molecule has 0 saturated heterocycles. The van der Waals surface area contributed by atoms with Gasteiger partial charge in [0.15, 0.2) is 5.60 Å². The number of aryl methyl sites for hydroxylation is 1. The minimum Gasteiger partial charge on any atom is -0.386 e. The topological polar surface area (TPSA) is 30.8 Å². The van der Waals surface area contributed by atoms with Crippen molar-refractivity contribution in [1.82, 2.24) is 0 Å². The molecule has 0 amide bonds. The first-order valence-corrected chi connectivity index (χ1v) is 8.59. The molecule has 2 heterocycles. The van der Waals surface area contributed by atoms with E-state index in [1.165, 1.54) is 29.5 Å². The summed E-state index contributed by atoms with van der Waals surface area (Å²) in [6.07, 6.45) is 0.546. The van der Waals surface area contributed by atoms with Crippen LogP contribution in [0.15, 0.2) is 29.4 Å². The molecule has 0 aliphatic carbocycles. The molecule has 7 heteroatoms. The average Bonchev–Trinajstić information content (AvgIpc) is 3.05. The van der Waals surface area contributed by atoms with E-state index in [0.717, 1.165) is 16.2 Å². The molecule has 1 atom stereocenters. The Labute approximate surface area is 147 Å². The van der Waals surface area contributed by atoms with Crippen molar-refractivity contribution >= 4 is 28.6 Å². The molecule has 1 aromatic carbocycles. The fourth-order valence-corrected chi connectivity index (χ4v) is 3.83. The molecule has 0 N–H and O–H groups in total. The molecule has 1 aliphatic heterocycles. The van der Waals surface area contributed by atoms with Gasteiger partial charge in [-0.2, -0.15) is 0 Å². The second kappa shape index (κ2) is 6.78. The van der Waals surface area contributed by atoms with Crippen molar-refractivity contribution in [3.63, 3.8) is 0 Å². The fraction of sp³-hybridized carbons (Fsp3) is 0.353. The van der Waals surface area contributed by atoms with Crippen molar-refractivity contribution in [2.24, 2.45) is 5.16 Å². The molecule has 1 aromatic heterocycles. The molecule has 0 saturated carbocycles. The predicted octanol–water partition coefficient (Wildman–Crippen LogP) is 5.09. The predicted molar refractivity (Wildman–Crippen MR) is 90.7 cm³/mol. The van der Waals surface area contributed by atoms with Gasteiger partial charge in [0.1, 0.15) is 17.3 Å². The molecule has 2 aromatic rings. The van der Waals surface area contributed by atoms with Gasteiger partial charge in [-0.1, -0.05) is 22.8 Å². The van der Waals surface area contributed by atoms with Gasteiger partial charge in [0, 0.05) is 12.0 Å². The Morgan fingerprint density at radius 2 is 2.08 bits per heavy atom. The maximum absolute atomic E-state index is 13.6. The monoisotopic (exact) mass is 371 g/mol. The Morgan fingerprint density at radius 3 is 2.71 bits per heavy atom. The maximum atomic E-state index is 13.6. The van der Waals surface area contributed by atoms with Crippen LogP contribution in [0.5, 0.6) is 0 Å². The lowest BCUT2D eigenvalue weighted by molar-refractivity contribution is -0.0716. The van der Waals surface area contributed by atoms with E-state index in [4.69, 9.17) is 21.2 Å². The Morgan fingerprint density at radius 1 is 1.38 bits per heavy atom. The molecule has 0 fully saturated rings. The van der Waals surface area contributed by atoms with Gasteiger partial charge in [-0.05, 0) is 37.6 Å². The number of hydrogen-bond donors (Lipinski definition) is 0. The zero-order chi connectivity index (χ0) is 17.3. The number of thiophene rings is 1. The fourth-order valence-electron chi connectivity index (χ4n) is 2.55. The van der Waals surface area contributed by atoms with Gasteiger partial charge in [-0.25, -0.2) is 8.78 Å². The highest BCUT2D eigenvalue weighted by Crippen LogP contribution is 2.33. The summed E-state index contributed by atoms with van der Waals surface area (Å²) in [5, 5.41) is 4.13. The van der Waals surface area contributed by atoms with E-state index < -0.39 is 17.2 Å². The van der Waals surface area contributed by atoms with E-state index in [1.54, 1.807) is 0 Å². The van der Waals surface area contributed by atoms with E-state index >= 15 is 0 Å². The Bertz CT molecular complexity index is 773. The molecule has 0 bridgehead atoms. The number of oxime groups is 1. The summed E-state index contributed by atoms with van der Waals surface area (Å²) < 4.78 is 33.4. The summed E-state index contributed by atoms with van der Waals surface area (Å²) in [6.45, 7) is 3.84. The van der Waals surface area contributed by atoms with Crippen LogP contribution in [0.4, 0.5) is 8.78 Å². The lowest BCUT2D eigenvalue weighted by atomic mass is 9.99. The molecule has 3 nitrogen and oxygen atoms in total. The number of halogens is 3. The molecule has 0 spiro atoms. The van der Waals surface area contributed by atoms with E-state index in [0.29, 0.717) is 10.8 Å². The minimum atomic E-state index is -0.667. The van der Waals surface area contributed by atoms with Crippen molar-refractivity contribution in [1.29, 1.82) is 0 Å². The summed E-state index contributed by atoms with van der Waals surface area (Å²) in [5.41, 5.74) is 1.11. The van der Waals surface area contributed by atoms with Crippen molar-refractivity contribution in [3.8, 4) is 0 Å². The number of hydrogen-bond acceptors (Lipinski definition) is 4. The van der Waals surface area contributed by atoms with Crippen LogP contribution in [0, 0.1) is 18.6 Å². The number of ether oxygens (including phenoxy) is 1. The highest BCUT2D eigenvalue weighted by Gasteiger charge is 2.36. The lowest BCUT2D eigenvalue weighted by Gasteiger charge is -2.21. The highest BCUT2D eigenvalue weighted by molar-refractivity contribution is 7.18. The number of benzene rings is 1. The largest absolute Gasteiger partial charge is 0.386 e. The molecule has 128 valence electrons. The van der Waals surface area contributed by atoms with E-state index in [9.17, 15) is 8.78 Å². The van der Waals surface area contributed by atoms with Crippen LogP contribution in [-0.2, 0) is 16.2 Å². The summed E-state index contributed by atoms with van der Waals surface area (Å²) in [5.74, 6) is -1.23.